The van der Waals surface area contributed by atoms with Crippen LogP contribution >= 0.6 is 22.7 Å². The van der Waals surface area contributed by atoms with E-state index in [-0.39, 0.29) is 12.5 Å². The zero-order valence-electron chi connectivity index (χ0n) is 12.9. The molecule has 0 atom stereocenters. The highest BCUT2D eigenvalue weighted by Gasteiger charge is 2.13. The van der Waals surface area contributed by atoms with Crippen LogP contribution < -0.4 is 10.2 Å². The van der Waals surface area contributed by atoms with E-state index in [9.17, 15) is 4.79 Å². The van der Waals surface area contributed by atoms with Gasteiger partial charge in [-0.2, -0.15) is 0 Å². The van der Waals surface area contributed by atoms with Gasteiger partial charge in [0.15, 0.2) is 10.3 Å². The lowest BCUT2D eigenvalue weighted by Gasteiger charge is -2.14. The molecule has 2 aromatic heterocycles. The Morgan fingerprint density at radius 2 is 1.62 bits per heavy atom. The summed E-state index contributed by atoms with van der Waals surface area (Å²) in [7, 11) is 1.87. The Bertz CT molecular complexity index is 957. The molecule has 0 aliphatic rings. The van der Waals surface area contributed by atoms with Gasteiger partial charge in [-0.05, 0) is 24.3 Å². The molecule has 1 amide bonds. The monoisotopic (exact) mass is 354 g/mol. The second kappa shape index (κ2) is 6.18. The summed E-state index contributed by atoms with van der Waals surface area (Å²) in [5.74, 6) is -0.101. The fourth-order valence-electron chi connectivity index (χ4n) is 2.39. The minimum atomic E-state index is -0.101. The third-order valence-electron chi connectivity index (χ3n) is 3.53. The highest BCUT2D eigenvalue weighted by atomic mass is 32.1. The molecule has 4 rings (SSSR count). The fraction of sp³-hybridized carbons (Fsp3) is 0.118. The number of fused-ring (bicyclic) bond motifs is 2. The van der Waals surface area contributed by atoms with Crippen LogP contribution in [-0.4, -0.2) is 29.5 Å². The van der Waals surface area contributed by atoms with Gasteiger partial charge in [-0.15, -0.1) is 0 Å². The van der Waals surface area contributed by atoms with E-state index in [0.29, 0.717) is 5.13 Å². The highest BCUT2D eigenvalue weighted by Crippen LogP contribution is 2.28. The first-order chi connectivity index (χ1) is 11.7. The van der Waals surface area contributed by atoms with Crippen molar-refractivity contribution >= 4 is 59.3 Å². The van der Waals surface area contributed by atoms with Crippen molar-refractivity contribution in [3.8, 4) is 0 Å². The van der Waals surface area contributed by atoms with E-state index in [1.54, 1.807) is 11.3 Å². The number of likely N-dealkylation sites (N-methyl/N-ethyl adjacent to an activating group) is 1. The third-order valence-corrected chi connectivity index (χ3v) is 5.63. The maximum absolute atomic E-state index is 12.3. The molecule has 0 unspecified atom stereocenters. The molecule has 2 aromatic carbocycles. The second-order valence-electron chi connectivity index (χ2n) is 5.36. The Hall–Kier alpha value is -2.51. The van der Waals surface area contributed by atoms with Crippen molar-refractivity contribution in [3.05, 3.63) is 48.5 Å². The number of thiazole rings is 2. The molecule has 4 aromatic rings. The van der Waals surface area contributed by atoms with Crippen LogP contribution in [0.25, 0.3) is 20.4 Å². The summed E-state index contributed by atoms with van der Waals surface area (Å²) in [6.45, 7) is 0.232. The summed E-state index contributed by atoms with van der Waals surface area (Å²) in [4.78, 5) is 23.1. The number of aromatic nitrogens is 2. The predicted molar refractivity (Wildman–Crippen MR) is 101 cm³/mol. The van der Waals surface area contributed by atoms with Crippen molar-refractivity contribution in [1.29, 1.82) is 0 Å². The van der Waals surface area contributed by atoms with Crippen LogP contribution in [-0.2, 0) is 4.79 Å². The van der Waals surface area contributed by atoms with Gasteiger partial charge in [-0.1, -0.05) is 46.9 Å². The number of hydrogen-bond donors (Lipinski definition) is 1. The number of nitrogens with zero attached hydrogens (tertiary/aromatic N) is 3. The standard InChI is InChI=1S/C17H14N4OS2/c1-21(17-19-12-7-3-5-9-14(12)24-17)10-15(22)20-16-18-11-6-2-4-8-13(11)23-16/h2-9H,10H2,1H3,(H,18,20,22). The molecular formula is C17H14N4OS2. The molecule has 0 saturated heterocycles. The number of nitrogens with one attached hydrogen (secondary N) is 1. The van der Waals surface area contributed by atoms with E-state index >= 15 is 0 Å². The Balaban J connectivity index is 1.46. The Kier molecular flexibility index (Phi) is 3.87. The molecule has 0 saturated carbocycles. The molecule has 24 heavy (non-hydrogen) atoms. The van der Waals surface area contributed by atoms with Crippen LogP contribution in [0.4, 0.5) is 10.3 Å². The predicted octanol–water partition coefficient (Wildman–Crippen LogP) is 3.98. The number of amides is 1. The van der Waals surface area contributed by atoms with Gasteiger partial charge in [0.25, 0.3) is 0 Å². The molecule has 0 bridgehead atoms. The van der Waals surface area contributed by atoms with Crippen molar-refractivity contribution in [1.82, 2.24) is 9.97 Å². The smallest absolute Gasteiger partial charge is 0.245 e. The number of anilines is 2. The van der Waals surface area contributed by atoms with Crippen molar-refractivity contribution in [2.45, 2.75) is 0 Å². The summed E-state index contributed by atoms with van der Waals surface area (Å²) in [6, 6.07) is 15.8. The van der Waals surface area contributed by atoms with Gasteiger partial charge in [0.1, 0.15) is 0 Å². The van der Waals surface area contributed by atoms with E-state index in [0.717, 1.165) is 25.6 Å². The first kappa shape index (κ1) is 15.0. The lowest BCUT2D eigenvalue weighted by atomic mass is 10.3. The molecule has 0 fully saturated rings. The van der Waals surface area contributed by atoms with Crippen molar-refractivity contribution in [3.63, 3.8) is 0 Å². The van der Waals surface area contributed by atoms with E-state index < -0.39 is 0 Å². The molecule has 0 aliphatic heterocycles. The third kappa shape index (κ3) is 2.95. The molecule has 7 heteroatoms. The van der Waals surface area contributed by atoms with Crippen molar-refractivity contribution < 1.29 is 4.79 Å². The number of carbonyl (C=O) groups is 1. The fourth-order valence-corrected chi connectivity index (χ4v) is 4.20. The minimum absolute atomic E-state index is 0.101. The summed E-state index contributed by atoms with van der Waals surface area (Å²) in [5, 5.41) is 4.32. The van der Waals surface area contributed by atoms with Gasteiger partial charge >= 0.3 is 0 Å². The van der Waals surface area contributed by atoms with Gasteiger partial charge in [-0.25, -0.2) is 9.97 Å². The van der Waals surface area contributed by atoms with Crippen LogP contribution in [0.2, 0.25) is 0 Å². The molecule has 120 valence electrons. The maximum Gasteiger partial charge on any atom is 0.245 e. The normalized spacial score (nSPS) is 11.0. The molecule has 0 radical (unpaired) electrons. The van der Waals surface area contributed by atoms with Crippen molar-refractivity contribution in [2.24, 2.45) is 0 Å². The van der Waals surface area contributed by atoms with Gasteiger partial charge in [0, 0.05) is 7.05 Å². The molecule has 0 aliphatic carbocycles. The average Bonchev–Trinajstić information content (AvgIpc) is 3.17. The second-order valence-corrected chi connectivity index (χ2v) is 7.39. The summed E-state index contributed by atoms with van der Waals surface area (Å²) < 4.78 is 2.18. The zero-order valence-corrected chi connectivity index (χ0v) is 14.5. The van der Waals surface area contributed by atoms with Crippen LogP contribution in [0.15, 0.2) is 48.5 Å². The SMILES string of the molecule is CN(CC(=O)Nc1nc2ccccc2s1)c1nc2ccccc2s1. The quantitative estimate of drug-likeness (QED) is 0.602. The van der Waals surface area contributed by atoms with E-state index in [1.807, 2.05) is 60.5 Å². The number of para-hydroxylation sites is 2. The Morgan fingerprint density at radius 1 is 1.00 bits per heavy atom. The maximum atomic E-state index is 12.3. The summed E-state index contributed by atoms with van der Waals surface area (Å²) in [5.41, 5.74) is 1.85. The van der Waals surface area contributed by atoms with Crippen LogP contribution in [0.3, 0.4) is 0 Å². The summed E-state index contributed by atoms with van der Waals surface area (Å²) >= 11 is 3.06. The first-order valence-corrected chi connectivity index (χ1v) is 9.04. The van der Waals surface area contributed by atoms with Crippen LogP contribution in [0.5, 0.6) is 0 Å². The van der Waals surface area contributed by atoms with Gasteiger partial charge in [0.05, 0.1) is 27.0 Å². The number of carbonyl (C=O) groups excluding carboxylic acids is 1. The van der Waals surface area contributed by atoms with E-state index in [2.05, 4.69) is 15.3 Å². The van der Waals surface area contributed by atoms with Gasteiger partial charge in [-0.3, -0.25) is 4.79 Å². The minimum Gasteiger partial charge on any atom is -0.342 e. The van der Waals surface area contributed by atoms with Gasteiger partial charge < -0.3 is 10.2 Å². The topological polar surface area (TPSA) is 58.1 Å². The lowest BCUT2D eigenvalue weighted by molar-refractivity contribution is -0.114. The van der Waals surface area contributed by atoms with Gasteiger partial charge in [0.2, 0.25) is 5.91 Å². The van der Waals surface area contributed by atoms with Crippen molar-refractivity contribution in [2.75, 3.05) is 23.8 Å². The number of rotatable bonds is 4. The number of benzene rings is 2. The average molecular weight is 354 g/mol. The highest BCUT2D eigenvalue weighted by molar-refractivity contribution is 7.22. The van der Waals surface area contributed by atoms with E-state index in [1.165, 1.54) is 11.3 Å². The lowest BCUT2D eigenvalue weighted by Crippen LogP contribution is -2.29. The molecule has 2 heterocycles. The van der Waals surface area contributed by atoms with Crippen LogP contribution in [0.1, 0.15) is 0 Å². The zero-order chi connectivity index (χ0) is 16.5. The molecule has 0 spiro atoms. The van der Waals surface area contributed by atoms with E-state index in [4.69, 9.17) is 0 Å². The molecule has 1 N–H and O–H groups in total. The first-order valence-electron chi connectivity index (χ1n) is 7.41. The summed E-state index contributed by atoms with van der Waals surface area (Å²) in [6.07, 6.45) is 0. The Labute approximate surface area is 146 Å². The Morgan fingerprint density at radius 3 is 2.29 bits per heavy atom. The number of hydrogen-bond acceptors (Lipinski definition) is 6. The molecule has 5 nitrogen and oxygen atoms in total. The van der Waals surface area contributed by atoms with Crippen LogP contribution in [0, 0.1) is 0 Å². The molecular weight excluding hydrogens is 340 g/mol. The largest absolute Gasteiger partial charge is 0.342 e.